The Morgan fingerprint density at radius 3 is 2.83 bits per heavy atom. The monoisotopic (exact) mass is 335 g/mol. The Kier molecular flexibility index (Phi) is 5.78. The fraction of sp³-hybridized carbons (Fsp3) is 0.412. The standard InChI is InChI=1S/C17H22FN3O3/c1-11(23-15-7-5-6-14(18)8-15)9-19-17(22)21(4)10-16-12(2)20-24-13(16)3/h5-8,11H,9-10H2,1-4H3,(H,19,22). The lowest BCUT2D eigenvalue weighted by molar-refractivity contribution is 0.188. The molecule has 0 aliphatic rings. The van der Waals surface area contributed by atoms with Crippen LogP contribution in [0.1, 0.15) is 23.9 Å². The molecular weight excluding hydrogens is 313 g/mol. The summed E-state index contributed by atoms with van der Waals surface area (Å²) in [5.41, 5.74) is 1.67. The molecule has 1 aromatic carbocycles. The quantitative estimate of drug-likeness (QED) is 0.881. The highest BCUT2D eigenvalue weighted by Crippen LogP contribution is 2.15. The second-order valence-corrected chi connectivity index (χ2v) is 5.73. The van der Waals surface area contributed by atoms with Crippen LogP contribution < -0.4 is 10.1 Å². The van der Waals surface area contributed by atoms with Crippen molar-refractivity contribution < 1.29 is 18.4 Å². The molecule has 0 fully saturated rings. The molecule has 7 heteroatoms. The summed E-state index contributed by atoms with van der Waals surface area (Å²) < 4.78 is 23.8. The zero-order valence-electron chi connectivity index (χ0n) is 14.3. The molecule has 0 aliphatic carbocycles. The van der Waals surface area contributed by atoms with Crippen LogP contribution in [0.4, 0.5) is 9.18 Å². The maximum absolute atomic E-state index is 13.1. The van der Waals surface area contributed by atoms with Crippen LogP contribution in [0.2, 0.25) is 0 Å². The van der Waals surface area contributed by atoms with E-state index in [1.165, 1.54) is 12.1 Å². The minimum Gasteiger partial charge on any atom is -0.489 e. The van der Waals surface area contributed by atoms with E-state index in [4.69, 9.17) is 9.26 Å². The zero-order chi connectivity index (χ0) is 17.7. The van der Waals surface area contributed by atoms with E-state index in [9.17, 15) is 9.18 Å². The number of aryl methyl sites for hydroxylation is 2. The van der Waals surface area contributed by atoms with Crippen molar-refractivity contribution in [3.05, 3.63) is 47.1 Å². The highest BCUT2D eigenvalue weighted by Gasteiger charge is 2.16. The molecule has 0 radical (unpaired) electrons. The van der Waals surface area contributed by atoms with E-state index in [1.54, 1.807) is 31.0 Å². The molecule has 2 amide bonds. The van der Waals surface area contributed by atoms with Gasteiger partial charge in [0.25, 0.3) is 0 Å². The van der Waals surface area contributed by atoms with Crippen molar-refractivity contribution in [2.24, 2.45) is 0 Å². The molecule has 2 rings (SSSR count). The van der Waals surface area contributed by atoms with Crippen molar-refractivity contribution in [3.8, 4) is 5.75 Å². The van der Waals surface area contributed by atoms with Crippen LogP contribution in [-0.2, 0) is 6.54 Å². The highest BCUT2D eigenvalue weighted by atomic mass is 19.1. The fourth-order valence-corrected chi connectivity index (χ4v) is 2.22. The van der Waals surface area contributed by atoms with Crippen molar-refractivity contribution in [2.75, 3.05) is 13.6 Å². The lowest BCUT2D eigenvalue weighted by Crippen LogP contribution is -2.41. The van der Waals surface area contributed by atoms with Gasteiger partial charge in [0, 0.05) is 18.7 Å². The van der Waals surface area contributed by atoms with Gasteiger partial charge in [-0.2, -0.15) is 0 Å². The van der Waals surface area contributed by atoms with Crippen LogP contribution in [-0.4, -0.2) is 35.8 Å². The summed E-state index contributed by atoms with van der Waals surface area (Å²) in [5, 5.41) is 6.66. The predicted molar refractivity (Wildman–Crippen MR) is 87.3 cm³/mol. The summed E-state index contributed by atoms with van der Waals surface area (Å²) in [6.45, 7) is 6.18. The number of nitrogens with one attached hydrogen (secondary N) is 1. The van der Waals surface area contributed by atoms with Gasteiger partial charge in [-0.1, -0.05) is 11.2 Å². The molecule has 130 valence electrons. The molecule has 0 bridgehead atoms. The number of hydrogen-bond acceptors (Lipinski definition) is 4. The summed E-state index contributed by atoms with van der Waals surface area (Å²) in [7, 11) is 1.69. The Hall–Kier alpha value is -2.57. The van der Waals surface area contributed by atoms with E-state index in [2.05, 4.69) is 10.5 Å². The second-order valence-electron chi connectivity index (χ2n) is 5.73. The van der Waals surface area contributed by atoms with Crippen LogP contribution in [0.25, 0.3) is 0 Å². The summed E-state index contributed by atoms with van der Waals surface area (Å²) in [4.78, 5) is 13.7. The first-order valence-electron chi connectivity index (χ1n) is 7.69. The number of halogens is 1. The van der Waals surface area contributed by atoms with Gasteiger partial charge in [0.15, 0.2) is 0 Å². The first kappa shape index (κ1) is 17.8. The van der Waals surface area contributed by atoms with Gasteiger partial charge < -0.3 is 19.5 Å². The van der Waals surface area contributed by atoms with Gasteiger partial charge in [0.2, 0.25) is 0 Å². The highest BCUT2D eigenvalue weighted by molar-refractivity contribution is 5.73. The van der Waals surface area contributed by atoms with E-state index in [-0.39, 0.29) is 18.0 Å². The van der Waals surface area contributed by atoms with Crippen molar-refractivity contribution >= 4 is 6.03 Å². The van der Waals surface area contributed by atoms with E-state index in [0.29, 0.717) is 24.6 Å². The number of ether oxygens (including phenoxy) is 1. The van der Waals surface area contributed by atoms with Gasteiger partial charge in [0.1, 0.15) is 23.4 Å². The van der Waals surface area contributed by atoms with Gasteiger partial charge in [-0.3, -0.25) is 0 Å². The number of urea groups is 1. The molecule has 1 aromatic heterocycles. The first-order chi connectivity index (χ1) is 11.4. The predicted octanol–water partition coefficient (Wildman–Crippen LogP) is 3.04. The Labute approximate surface area is 140 Å². The number of carbonyl (C=O) groups is 1. The molecule has 0 spiro atoms. The third-order valence-electron chi connectivity index (χ3n) is 3.60. The minimum atomic E-state index is -0.358. The Morgan fingerprint density at radius 2 is 2.21 bits per heavy atom. The van der Waals surface area contributed by atoms with Crippen molar-refractivity contribution in [2.45, 2.75) is 33.4 Å². The average molecular weight is 335 g/mol. The number of nitrogens with zero attached hydrogens (tertiary/aromatic N) is 2. The normalized spacial score (nSPS) is 11.9. The van der Waals surface area contributed by atoms with Crippen LogP contribution >= 0.6 is 0 Å². The molecule has 1 atom stereocenters. The van der Waals surface area contributed by atoms with Crippen LogP contribution in [0.15, 0.2) is 28.8 Å². The van der Waals surface area contributed by atoms with Crippen LogP contribution in [0.3, 0.4) is 0 Å². The van der Waals surface area contributed by atoms with Gasteiger partial charge in [0.05, 0.1) is 18.8 Å². The average Bonchev–Trinajstić information content (AvgIpc) is 2.84. The Morgan fingerprint density at radius 1 is 1.46 bits per heavy atom. The summed E-state index contributed by atoms with van der Waals surface area (Å²) in [6, 6.07) is 5.67. The fourth-order valence-electron chi connectivity index (χ4n) is 2.22. The summed E-state index contributed by atoms with van der Waals surface area (Å²) in [6.07, 6.45) is -0.289. The third kappa shape index (κ3) is 4.71. The lowest BCUT2D eigenvalue weighted by Gasteiger charge is -2.20. The molecule has 1 N–H and O–H groups in total. The molecule has 0 saturated carbocycles. The Bertz CT molecular complexity index is 683. The number of hydrogen-bond donors (Lipinski definition) is 1. The summed E-state index contributed by atoms with van der Waals surface area (Å²) >= 11 is 0. The second kappa shape index (κ2) is 7.81. The van der Waals surface area contributed by atoms with E-state index in [1.807, 2.05) is 13.8 Å². The first-order valence-corrected chi connectivity index (χ1v) is 7.69. The number of carbonyl (C=O) groups excluding carboxylic acids is 1. The smallest absolute Gasteiger partial charge is 0.317 e. The van der Waals surface area contributed by atoms with Gasteiger partial charge in [-0.25, -0.2) is 9.18 Å². The van der Waals surface area contributed by atoms with E-state index >= 15 is 0 Å². The van der Waals surface area contributed by atoms with E-state index in [0.717, 1.165) is 11.3 Å². The van der Waals surface area contributed by atoms with E-state index < -0.39 is 0 Å². The minimum absolute atomic E-state index is 0.232. The van der Waals surface area contributed by atoms with Crippen molar-refractivity contribution in [3.63, 3.8) is 0 Å². The van der Waals surface area contributed by atoms with Gasteiger partial charge in [-0.05, 0) is 32.9 Å². The maximum atomic E-state index is 13.1. The SMILES string of the molecule is Cc1noc(C)c1CN(C)C(=O)NCC(C)Oc1cccc(F)c1. The molecule has 0 saturated heterocycles. The molecule has 0 aliphatic heterocycles. The molecular formula is C17H22FN3O3. The molecule has 24 heavy (non-hydrogen) atoms. The molecule has 6 nitrogen and oxygen atoms in total. The largest absolute Gasteiger partial charge is 0.489 e. The topological polar surface area (TPSA) is 67.6 Å². The van der Waals surface area contributed by atoms with Gasteiger partial charge in [-0.15, -0.1) is 0 Å². The number of aromatic nitrogens is 1. The number of benzene rings is 1. The molecule has 1 unspecified atom stereocenters. The number of amides is 2. The molecule has 1 heterocycles. The zero-order valence-corrected chi connectivity index (χ0v) is 14.3. The van der Waals surface area contributed by atoms with Crippen LogP contribution in [0, 0.1) is 19.7 Å². The maximum Gasteiger partial charge on any atom is 0.317 e. The van der Waals surface area contributed by atoms with Crippen LogP contribution in [0.5, 0.6) is 5.75 Å². The third-order valence-corrected chi connectivity index (χ3v) is 3.60. The summed E-state index contributed by atoms with van der Waals surface area (Å²) in [5.74, 6) is 0.777. The number of rotatable bonds is 6. The lowest BCUT2D eigenvalue weighted by atomic mass is 10.2. The molecule has 2 aromatic rings. The van der Waals surface area contributed by atoms with Gasteiger partial charge >= 0.3 is 6.03 Å². The van der Waals surface area contributed by atoms with Crippen molar-refractivity contribution in [1.29, 1.82) is 0 Å². The van der Waals surface area contributed by atoms with Crippen molar-refractivity contribution in [1.82, 2.24) is 15.4 Å². The Balaban J connectivity index is 1.81.